The van der Waals surface area contributed by atoms with E-state index in [-0.39, 0.29) is 31.1 Å². The fourth-order valence-electron chi connectivity index (χ4n) is 6.21. The largest absolute Gasteiger partial charge is 0.462 e. The quantitative estimate of drug-likeness (QED) is 0.0200. The molecule has 0 heterocycles. The van der Waals surface area contributed by atoms with E-state index in [1.165, 1.54) is 77.0 Å². The monoisotopic (exact) mass is 845 g/mol. The van der Waals surface area contributed by atoms with Gasteiger partial charge < -0.3 is 14.2 Å². The molecule has 0 fully saturated rings. The van der Waals surface area contributed by atoms with Crippen LogP contribution in [0, 0.1) is 0 Å². The second-order valence-corrected chi connectivity index (χ2v) is 15.8. The number of hydrogen-bond acceptors (Lipinski definition) is 6. The van der Waals surface area contributed by atoms with Crippen LogP contribution in [-0.4, -0.2) is 37.2 Å². The first-order valence-corrected chi connectivity index (χ1v) is 24.5. The van der Waals surface area contributed by atoms with Crippen molar-refractivity contribution in [3.05, 3.63) is 109 Å². The van der Waals surface area contributed by atoms with Gasteiger partial charge in [0.1, 0.15) is 13.2 Å². The van der Waals surface area contributed by atoms with Crippen molar-refractivity contribution < 1.29 is 28.6 Å². The van der Waals surface area contributed by atoms with Crippen molar-refractivity contribution >= 4 is 17.9 Å². The number of esters is 3. The van der Waals surface area contributed by atoms with E-state index < -0.39 is 6.10 Å². The minimum atomic E-state index is -0.810. The second kappa shape index (κ2) is 48.7. The number of allylic oxidation sites excluding steroid dienone is 18. The van der Waals surface area contributed by atoms with Crippen LogP contribution in [0.2, 0.25) is 0 Å². The van der Waals surface area contributed by atoms with E-state index in [9.17, 15) is 14.4 Å². The van der Waals surface area contributed by atoms with Crippen molar-refractivity contribution in [2.45, 2.75) is 207 Å². The lowest BCUT2D eigenvalue weighted by atomic mass is 10.1. The number of hydrogen-bond donors (Lipinski definition) is 0. The summed E-state index contributed by atoms with van der Waals surface area (Å²) in [5.41, 5.74) is 0. The average Bonchev–Trinajstić information content (AvgIpc) is 3.26. The van der Waals surface area contributed by atoms with Crippen LogP contribution < -0.4 is 0 Å². The zero-order chi connectivity index (χ0) is 44.4. The topological polar surface area (TPSA) is 78.9 Å². The number of unbranched alkanes of at least 4 members (excludes halogenated alkanes) is 19. The molecule has 0 bridgehead atoms. The highest BCUT2D eigenvalue weighted by Crippen LogP contribution is 2.13. The summed E-state index contributed by atoms with van der Waals surface area (Å²) in [4.78, 5) is 37.9. The maximum atomic E-state index is 12.8. The van der Waals surface area contributed by atoms with Crippen LogP contribution in [0.15, 0.2) is 109 Å². The van der Waals surface area contributed by atoms with Crippen molar-refractivity contribution in [1.29, 1.82) is 0 Å². The van der Waals surface area contributed by atoms with Crippen LogP contribution in [0.25, 0.3) is 0 Å². The van der Waals surface area contributed by atoms with Gasteiger partial charge in [0.05, 0.1) is 0 Å². The fraction of sp³-hybridized carbons (Fsp3) is 0.618. The molecule has 0 spiro atoms. The zero-order valence-corrected chi connectivity index (χ0v) is 39.1. The van der Waals surface area contributed by atoms with Gasteiger partial charge in [-0.1, -0.05) is 207 Å². The summed E-state index contributed by atoms with van der Waals surface area (Å²) >= 11 is 0. The highest BCUT2D eigenvalue weighted by Gasteiger charge is 2.19. The molecule has 0 saturated heterocycles. The van der Waals surface area contributed by atoms with Gasteiger partial charge >= 0.3 is 17.9 Å². The van der Waals surface area contributed by atoms with Gasteiger partial charge in [-0.25, -0.2) is 0 Å². The van der Waals surface area contributed by atoms with E-state index in [4.69, 9.17) is 14.2 Å². The molecule has 61 heavy (non-hydrogen) atoms. The van der Waals surface area contributed by atoms with Gasteiger partial charge in [0, 0.05) is 19.3 Å². The molecule has 0 N–H and O–H groups in total. The maximum absolute atomic E-state index is 12.8. The van der Waals surface area contributed by atoms with E-state index in [1.54, 1.807) is 0 Å². The fourth-order valence-corrected chi connectivity index (χ4v) is 6.21. The van der Waals surface area contributed by atoms with Crippen LogP contribution >= 0.6 is 0 Å². The van der Waals surface area contributed by atoms with Gasteiger partial charge in [-0.2, -0.15) is 0 Å². The lowest BCUT2D eigenvalue weighted by Crippen LogP contribution is -2.30. The van der Waals surface area contributed by atoms with Crippen LogP contribution in [0.4, 0.5) is 0 Å². The van der Waals surface area contributed by atoms with E-state index in [0.717, 1.165) is 83.5 Å². The summed E-state index contributed by atoms with van der Waals surface area (Å²) in [6, 6.07) is 0. The number of ether oxygens (including phenoxy) is 3. The summed E-state index contributed by atoms with van der Waals surface area (Å²) in [5, 5.41) is 0. The molecule has 0 aromatic rings. The Hall–Kier alpha value is -3.93. The number of carbonyl (C=O) groups is 3. The van der Waals surface area contributed by atoms with Gasteiger partial charge in [-0.15, -0.1) is 0 Å². The lowest BCUT2D eigenvalue weighted by Gasteiger charge is -2.18. The summed E-state index contributed by atoms with van der Waals surface area (Å²) in [7, 11) is 0. The smallest absolute Gasteiger partial charge is 0.306 e. The van der Waals surface area contributed by atoms with Crippen molar-refractivity contribution in [3.63, 3.8) is 0 Å². The van der Waals surface area contributed by atoms with Crippen molar-refractivity contribution in [2.24, 2.45) is 0 Å². The Morgan fingerprint density at radius 2 is 0.672 bits per heavy atom. The summed E-state index contributed by atoms with van der Waals surface area (Å²) in [5.74, 6) is -0.993. The lowest BCUT2D eigenvalue weighted by molar-refractivity contribution is -0.167. The Labute approximate surface area is 374 Å². The number of carbonyl (C=O) groups excluding carboxylic acids is 3. The summed E-state index contributed by atoms with van der Waals surface area (Å²) < 4.78 is 16.7. The minimum Gasteiger partial charge on any atom is -0.462 e. The first kappa shape index (κ1) is 57.1. The first-order chi connectivity index (χ1) is 30.0. The molecule has 0 aromatic carbocycles. The molecule has 344 valence electrons. The van der Waals surface area contributed by atoms with Crippen LogP contribution in [0.5, 0.6) is 0 Å². The maximum Gasteiger partial charge on any atom is 0.306 e. The molecular formula is C55H88O6. The third-order valence-electron chi connectivity index (χ3n) is 9.92. The normalized spacial score (nSPS) is 13.0. The molecule has 0 aliphatic carbocycles. The molecule has 1 unspecified atom stereocenters. The van der Waals surface area contributed by atoms with Gasteiger partial charge in [0.15, 0.2) is 6.10 Å². The Morgan fingerprint density at radius 3 is 1.13 bits per heavy atom. The van der Waals surface area contributed by atoms with Crippen molar-refractivity contribution in [2.75, 3.05) is 13.2 Å². The molecular weight excluding hydrogens is 757 g/mol. The van der Waals surface area contributed by atoms with Crippen molar-refractivity contribution in [1.82, 2.24) is 0 Å². The predicted molar refractivity (Wildman–Crippen MR) is 260 cm³/mol. The summed E-state index contributed by atoms with van der Waals surface area (Å²) in [6.45, 7) is 6.34. The molecule has 0 saturated carbocycles. The molecule has 6 heteroatoms. The van der Waals surface area contributed by atoms with Crippen molar-refractivity contribution in [3.8, 4) is 0 Å². The Kier molecular flexibility index (Phi) is 45.6. The zero-order valence-electron chi connectivity index (χ0n) is 39.1. The van der Waals surface area contributed by atoms with Gasteiger partial charge in [0.2, 0.25) is 0 Å². The first-order valence-electron chi connectivity index (χ1n) is 24.5. The van der Waals surface area contributed by atoms with Crippen LogP contribution in [0.1, 0.15) is 201 Å². The van der Waals surface area contributed by atoms with Gasteiger partial charge in [-0.3, -0.25) is 14.4 Å². The Bertz CT molecular complexity index is 1290. The molecule has 0 radical (unpaired) electrons. The van der Waals surface area contributed by atoms with E-state index in [0.29, 0.717) is 19.3 Å². The highest BCUT2D eigenvalue weighted by molar-refractivity contribution is 5.71. The van der Waals surface area contributed by atoms with E-state index >= 15 is 0 Å². The standard InChI is InChI=1S/C55H88O6/c1-4-7-10-13-16-19-22-24-26-27-29-30-33-36-39-42-45-48-54(57)60-51-52(50-59-53(56)47-44-41-38-35-32-21-18-15-12-9-6-3)61-55(58)49-46-43-40-37-34-31-28-25-23-20-17-14-11-8-5-2/h7,10,13,15-16,18-24,26-27,29-30,32-33,52H,4-6,8-9,11-12,14,17,25,28,31,34-51H2,1-3H3/b10-7-,16-13-,18-15-,22-19-,23-20-,26-24-,29-27+,32-21-,33-30-. The number of rotatable bonds is 42. The third kappa shape index (κ3) is 47.0. The molecule has 6 nitrogen and oxygen atoms in total. The average molecular weight is 845 g/mol. The van der Waals surface area contributed by atoms with Gasteiger partial charge in [0.25, 0.3) is 0 Å². The van der Waals surface area contributed by atoms with Crippen LogP contribution in [0.3, 0.4) is 0 Å². The Morgan fingerprint density at radius 1 is 0.344 bits per heavy atom. The predicted octanol–water partition coefficient (Wildman–Crippen LogP) is 16.0. The Balaban J connectivity index is 4.52. The molecule has 1 atom stereocenters. The summed E-state index contributed by atoms with van der Waals surface area (Å²) in [6.07, 6.45) is 64.9. The van der Waals surface area contributed by atoms with E-state index in [2.05, 4.69) is 69.4 Å². The second-order valence-electron chi connectivity index (χ2n) is 15.8. The van der Waals surface area contributed by atoms with Gasteiger partial charge in [-0.05, 0) is 83.5 Å². The molecule has 0 aromatic heterocycles. The third-order valence-corrected chi connectivity index (χ3v) is 9.92. The van der Waals surface area contributed by atoms with E-state index in [1.807, 2.05) is 60.8 Å². The van der Waals surface area contributed by atoms with Crippen LogP contribution in [-0.2, 0) is 28.6 Å². The highest BCUT2D eigenvalue weighted by atomic mass is 16.6. The molecule has 0 aliphatic heterocycles. The molecule has 0 aliphatic rings. The SMILES string of the molecule is CC\C=C/C=C\C=C/C=C\C=C\C=C/CCCCCC(=O)OCC(COC(=O)CCCCC/C=C\C=C/CCCC)OC(=O)CCCCCCCCC/C=C\CCCCCC. The molecule has 0 rings (SSSR count). The minimum absolute atomic E-state index is 0.111. The molecule has 0 amide bonds.